The Kier molecular flexibility index (Phi) is 4.78. The zero-order chi connectivity index (χ0) is 12.9. The van der Waals surface area contributed by atoms with Crippen molar-refractivity contribution in [2.75, 3.05) is 13.2 Å². The quantitative estimate of drug-likeness (QED) is 0.750. The standard InChI is InChI=1S/C11H17F3N2O/c12-11(13,14)9-2-4-10(8-15,5-3-9)16-6-1-7-17/h9,16-17H,1-7H2. The molecule has 0 aromatic heterocycles. The summed E-state index contributed by atoms with van der Waals surface area (Å²) in [5, 5.41) is 20.7. The fourth-order valence-electron chi connectivity index (χ4n) is 2.17. The minimum Gasteiger partial charge on any atom is -0.396 e. The zero-order valence-electron chi connectivity index (χ0n) is 9.56. The molecule has 98 valence electrons. The Morgan fingerprint density at radius 3 is 2.35 bits per heavy atom. The summed E-state index contributed by atoms with van der Waals surface area (Å²) in [5.74, 6) is -1.27. The minimum atomic E-state index is -4.15. The van der Waals surface area contributed by atoms with E-state index in [4.69, 9.17) is 10.4 Å². The zero-order valence-corrected chi connectivity index (χ0v) is 9.56. The molecule has 1 aliphatic carbocycles. The first kappa shape index (κ1) is 14.3. The number of hydrogen-bond donors (Lipinski definition) is 2. The van der Waals surface area contributed by atoms with Crippen molar-refractivity contribution in [3.8, 4) is 6.07 Å². The van der Waals surface area contributed by atoms with Crippen molar-refractivity contribution >= 4 is 0 Å². The third-order valence-corrected chi connectivity index (χ3v) is 3.31. The third-order valence-electron chi connectivity index (χ3n) is 3.31. The summed E-state index contributed by atoms with van der Waals surface area (Å²) >= 11 is 0. The molecule has 17 heavy (non-hydrogen) atoms. The molecule has 0 unspecified atom stereocenters. The van der Waals surface area contributed by atoms with Crippen molar-refractivity contribution in [2.45, 2.75) is 43.8 Å². The number of aliphatic hydroxyl groups is 1. The maximum atomic E-state index is 12.5. The van der Waals surface area contributed by atoms with Crippen LogP contribution in [0.3, 0.4) is 0 Å². The van der Waals surface area contributed by atoms with Gasteiger partial charge < -0.3 is 5.11 Å². The summed E-state index contributed by atoms with van der Waals surface area (Å²) < 4.78 is 37.4. The molecule has 0 aromatic carbocycles. The fourth-order valence-corrected chi connectivity index (χ4v) is 2.17. The Labute approximate surface area is 98.6 Å². The van der Waals surface area contributed by atoms with Crippen LogP contribution in [0.4, 0.5) is 13.2 Å². The van der Waals surface area contributed by atoms with Crippen molar-refractivity contribution in [2.24, 2.45) is 5.92 Å². The summed E-state index contributed by atoms with van der Waals surface area (Å²) in [6.45, 7) is 0.473. The largest absolute Gasteiger partial charge is 0.396 e. The molecule has 1 saturated carbocycles. The van der Waals surface area contributed by atoms with E-state index in [1.807, 2.05) is 0 Å². The molecule has 0 atom stereocenters. The third kappa shape index (κ3) is 3.86. The van der Waals surface area contributed by atoms with Gasteiger partial charge in [-0.2, -0.15) is 18.4 Å². The smallest absolute Gasteiger partial charge is 0.391 e. The van der Waals surface area contributed by atoms with E-state index in [1.54, 1.807) is 0 Å². The number of nitrogens with one attached hydrogen (secondary N) is 1. The van der Waals surface area contributed by atoms with Gasteiger partial charge in [-0.3, -0.25) is 5.32 Å². The van der Waals surface area contributed by atoms with Crippen LogP contribution < -0.4 is 5.32 Å². The van der Waals surface area contributed by atoms with Crippen molar-refractivity contribution in [1.29, 1.82) is 5.26 Å². The molecular formula is C11H17F3N2O. The van der Waals surface area contributed by atoms with Crippen LogP contribution in [0.25, 0.3) is 0 Å². The molecule has 0 aromatic rings. The lowest BCUT2D eigenvalue weighted by Gasteiger charge is -2.36. The molecule has 6 heteroatoms. The summed E-state index contributed by atoms with van der Waals surface area (Å²) in [5.41, 5.74) is -0.836. The van der Waals surface area contributed by atoms with Crippen LogP contribution >= 0.6 is 0 Å². The Morgan fingerprint density at radius 2 is 1.94 bits per heavy atom. The molecule has 0 spiro atoms. The summed E-state index contributed by atoms with van der Waals surface area (Å²) in [7, 11) is 0. The molecule has 2 N–H and O–H groups in total. The van der Waals surface area contributed by atoms with Crippen LogP contribution in [-0.4, -0.2) is 30.0 Å². The predicted molar refractivity (Wildman–Crippen MR) is 56.1 cm³/mol. The van der Waals surface area contributed by atoms with Crippen LogP contribution in [0, 0.1) is 17.2 Å². The number of alkyl halides is 3. The van der Waals surface area contributed by atoms with Gasteiger partial charge in [0.05, 0.1) is 12.0 Å². The Hall–Kier alpha value is -0.800. The highest BCUT2D eigenvalue weighted by Gasteiger charge is 2.45. The summed E-state index contributed by atoms with van der Waals surface area (Å²) in [6, 6.07) is 2.09. The number of hydrogen-bond acceptors (Lipinski definition) is 3. The lowest BCUT2D eigenvalue weighted by molar-refractivity contribution is -0.184. The van der Waals surface area contributed by atoms with Gasteiger partial charge in [0.15, 0.2) is 0 Å². The molecule has 0 saturated heterocycles. The van der Waals surface area contributed by atoms with Crippen LogP contribution in [-0.2, 0) is 0 Å². The van der Waals surface area contributed by atoms with E-state index < -0.39 is 17.6 Å². The maximum Gasteiger partial charge on any atom is 0.391 e. The van der Waals surface area contributed by atoms with Gasteiger partial charge in [0, 0.05) is 6.61 Å². The van der Waals surface area contributed by atoms with Gasteiger partial charge in [-0.05, 0) is 38.6 Å². The molecular weight excluding hydrogens is 233 g/mol. The molecule has 1 rings (SSSR count). The predicted octanol–water partition coefficient (Wildman–Crippen LogP) is 1.97. The van der Waals surface area contributed by atoms with Gasteiger partial charge in [0.1, 0.15) is 5.54 Å². The average Bonchev–Trinajstić information content (AvgIpc) is 2.29. The van der Waals surface area contributed by atoms with Crippen molar-refractivity contribution < 1.29 is 18.3 Å². The lowest BCUT2D eigenvalue weighted by atomic mass is 9.77. The van der Waals surface area contributed by atoms with E-state index >= 15 is 0 Å². The number of rotatable bonds is 4. The highest BCUT2D eigenvalue weighted by atomic mass is 19.4. The lowest BCUT2D eigenvalue weighted by Crippen LogP contribution is -2.48. The van der Waals surface area contributed by atoms with Gasteiger partial charge in [-0.15, -0.1) is 0 Å². The second kappa shape index (κ2) is 5.69. The van der Waals surface area contributed by atoms with Crippen molar-refractivity contribution in [3.05, 3.63) is 0 Å². The molecule has 1 fully saturated rings. The summed E-state index contributed by atoms with van der Waals surface area (Å²) in [6.07, 6.45) is -3.19. The first-order valence-corrected chi connectivity index (χ1v) is 5.77. The van der Waals surface area contributed by atoms with Crippen LogP contribution in [0.1, 0.15) is 32.1 Å². The number of nitriles is 1. The second-order valence-electron chi connectivity index (χ2n) is 4.51. The monoisotopic (exact) mass is 250 g/mol. The van der Waals surface area contributed by atoms with Crippen LogP contribution in [0.15, 0.2) is 0 Å². The minimum absolute atomic E-state index is 0.00316. The number of halogens is 3. The van der Waals surface area contributed by atoms with Gasteiger partial charge in [-0.1, -0.05) is 0 Å². The molecule has 0 amide bonds. The molecule has 0 heterocycles. The van der Waals surface area contributed by atoms with E-state index in [0.29, 0.717) is 13.0 Å². The second-order valence-corrected chi connectivity index (χ2v) is 4.51. The molecule has 0 radical (unpaired) electrons. The van der Waals surface area contributed by atoms with Gasteiger partial charge in [0.25, 0.3) is 0 Å². The molecule has 1 aliphatic rings. The Bertz CT molecular complexity index is 277. The Balaban J connectivity index is 2.49. The van der Waals surface area contributed by atoms with Gasteiger partial charge in [-0.25, -0.2) is 0 Å². The number of nitrogens with zero attached hydrogens (tertiary/aromatic N) is 1. The summed E-state index contributed by atoms with van der Waals surface area (Å²) in [4.78, 5) is 0. The fraction of sp³-hybridized carbons (Fsp3) is 0.909. The van der Waals surface area contributed by atoms with E-state index in [9.17, 15) is 13.2 Å². The van der Waals surface area contributed by atoms with Gasteiger partial charge >= 0.3 is 6.18 Å². The van der Waals surface area contributed by atoms with E-state index in [2.05, 4.69) is 11.4 Å². The van der Waals surface area contributed by atoms with E-state index in [-0.39, 0.29) is 32.3 Å². The topological polar surface area (TPSA) is 56.0 Å². The highest BCUT2D eigenvalue weighted by molar-refractivity contribution is 5.09. The van der Waals surface area contributed by atoms with E-state index in [1.165, 1.54) is 0 Å². The molecule has 0 bridgehead atoms. The van der Waals surface area contributed by atoms with Crippen LogP contribution in [0.2, 0.25) is 0 Å². The molecule has 3 nitrogen and oxygen atoms in total. The highest BCUT2D eigenvalue weighted by Crippen LogP contribution is 2.40. The van der Waals surface area contributed by atoms with Crippen molar-refractivity contribution in [1.82, 2.24) is 5.32 Å². The number of aliphatic hydroxyl groups excluding tert-OH is 1. The molecule has 0 aliphatic heterocycles. The Morgan fingerprint density at radius 1 is 1.35 bits per heavy atom. The van der Waals surface area contributed by atoms with E-state index in [0.717, 1.165) is 0 Å². The first-order chi connectivity index (χ1) is 7.93. The SMILES string of the molecule is N#CC1(NCCCO)CCC(C(F)(F)F)CC1. The van der Waals surface area contributed by atoms with Crippen LogP contribution in [0.5, 0.6) is 0 Å². The normalized spacial score (nSPS) is 29.9. The maximum absolute atomic E-state index is 12.5. The first-order valence-electron chi connectivity index (χ1n) is 5.77. The van der Waals surface area contributed by atoms with Crippen molar-refractivity contribution in [3.63, 3.8) is 0 Å². The average molecular weight is 250 g/mol. The van der Waals surface area contributed by atoms with Gasteiger partial charge in [0.2, 0.25) is 0 Å².